The first-order valence-corrected chi connectivity index (χ1v) is 29.8. The van der Waals surface area contributed by atoms with Gasteiger partial charge in [0.2, 0.25) is 0 Å². The number of nitrogens with zero attached hydrogens (tertiary/aromatic N) is 2. The van der Waals surface area contributed by atoms with E-state index in [1.807, 2.05) is 24.3 Å². The Labute approximate surface area is 498 Å². The third kappa shape index (κ3) is 10.7. The maximum absolute atomic E-state index is 15.2. The van der Waals surface area contributed by atoms with Gasteiger partial charge in [-0.2, -0.15) is 0 Å². The molecule has 0 saturated carbocycles. The molecule has 0 amide bonds. The van der Waals surface area contributed by atoms with E-state index in [1.54, 1.807) is 24.3 Å². The van der Waals surface area contributed by atoms with E-state index < -0.39 is 0 Å². The smallest absolute Gasteiger partial charge is 0.123 e. The Morgan fingerprint density at radius 3 is 1.32 bits per heavy atom. The van der Waals surface area contributed by atoms with Crippen molar-refractivity contribution in [2.75, 3.05) is 9.80 Å². The highest BCUT2D eigenvalue weighted by molar-refractivity contribution is 5.92. The standard InChI is InChI=1S/C80H76F2N2/c1-77(2,3)59-21-13-17-53(45-59)55-29-43-73(69(49-55)57-19-15-23-61(47-57)79(7,8)9)83(65-35-31-63(81)32-36-65)71-41-27-51-26-40-68-72(42-28-52-25-39-67(71)75(51)76(52)68)84(66-37-33-64(82)34-38-66)74-44-30-56(54-18-14-22-60(46-54)78(4,5)6)50-70(74)58-20-16-24-62(48-58)80(10,11)12/h13-50,71,76H,1-12H3. The van der Waals surface area contributed by atoms with Crippen LogP contribution in [0.3, 0.4) is 0 Å². The van der Waals surface area contributed by atoms with Gasteiger partial charge in [0, 0.05) is 34.1 Å². The van der Waals surface area contributed by atoms with Crippen LogP contribution in [0.5, 0.6) is 0 Å². The van der Waals surface area contributed by atoms with Gasteiger partial charge in [0.25, 0.3) is 0 Å². The monoisotopic (exact) mass is 1100 g/mol. The van der Waals surface area contributed by atoms with Crippen LogP contribution in [0.2, 0.25) is 0 Å². The van der Waals surface area contributed by atoms with Crippen LogP contribution in [0.25, 0.3) is 44.5 Å². The van der Waals surface area contributed by atoms with Gasteiger partial charge >= 0.3 is 0 Å². The lowest BCUT2D eigenvalue weighted by Gasteiger charge is -2.44. The number of hydrogen-bond donors (Lipinski definition) is 0. The van der Waals surface area contributed by atoms with E-state index >= 15 is 8.78 Å². The summed E-state index contributed by atoms with van der Waals surface area (Å²) in [5.41, 5.74) is 24.4. The van der Waals surface area contributed by atoms with Gasteiger partial charge in [-0.25, -0.2) is 8.78 Å². The van der Waals surface area contributed by atoms with E-state index in [4.69, 9.17) is 0 Å². The number of halogens is 2. The van der Waals surface area contributed by atoms with Crippen molar-refractivity contribution in [1.29, 1.82) is 0 Å². The van der Waals surface area contributed by atoms with E-state index in [2.05, 4.69) is 275 Å². The number of allylic oxidation sites excluding steroid dienone is 10. The van der Waals surface area contributed by atoms with E-state index in [0.717, 1.165) is 84.1 Å². The third-order valence-corrected chi connectivity index (χ3v) is 17.4. The second-order valence-electron chi connectivity index (χ2n) is 27.3. The highest BCUT2D eigenvalue weighted by Gasteiger charge is 2.41. The van der Waals surface area contributed by atoms with E-state index in [1.165, 1.54) is 39.0 Å². The Morgan fingerprint density at radius 2 is 0.821 bits per heavy atom. The Kier molecular flexibility index (Phi) is 14.1. The van der Waals surface area contributed by atoms with Crippen LogP contribution >= 0.6 is 0 Å². The molecule has 0 aliphatic heterocycles. The van der Waals surface area contributed by atoms with E-state index in [9.17, 15) is 0 Å². The molecule has 2 nitrogen and oxygen atoms in total. The van der Waals surface area contributed by atoms with Gasteiger partial charge in [-0.3, -0.25) is 0 Å². The lowest BCUT2D eigenvalue weighted by atomic mass is 9.67. The van der Waals surface area contributed by atoms with Crippen LogP contribution in [0.1, 0.15) is 105 Å². The van der Waals surface area contributed by atoms with Gasteiger partial charge in [-0.05, 0) is 184 Å². The normalized spacial score (nSPS) is 16.6. The van der Waals surface area contributed by atoms with Crippen LogP contribution in [-0.2, 0) is 21.7 Å². The van der Waals surface area contributed by atoms with Crippen LogP contribution in [0, 0.1) is 17.6 Å². The highest BCUT2D eigenvalue weighted by Crippen LogP contribution is 2.54. The van der Waals surface area contributed by atoms with E-state index in [0.29, 0.717) is 0 Å². The van der Waals surface area contributed by atoms with Crippen molar-refractivity contribution in [3.63, 3.8) is 0 Å². The molecule has 84 heavy (non-hydrogen) atoms. The molecule has 0 N–H and O–H groups in total. The molecule has 420 valence electrons. The van der Waals surface area contributed by atoms with Gasteiger partial charge < -0.3 is 9.80 Å². The fourth-order valence-electron chi connectivity index (χ4n) is 12.5. The second kappa shape index (κ2) is 21.2. The molecule has 2 unspecified atom stereocenters. The average Bonchev–Trinajstić information content (AvgIpc) is 1.15. The van der Waals surface area contributed by atoms with Crippen molar-refractivity contribution >= 4 is 22.7 Å². The van der Waals surface area contributed by atoms with Gasteiger partial charge in [0.15, 0.2) is 0 Å². The van der Waals surface area contributed by atoms with Gasteiger partial charge in [0.1, 0.15) is 11.6 Å². The molecule has 0 spiro atoms. The van der Waals surface area contributed by atoms with Crippen molar-refractivity contribution in [2.24, 2.45) is 5.92 Å². The topological polar surface area (TPSA) is 6.48 Å². The molecule has 4 heteroatoms. The lowest BCUT2D eigenvalue weighted by molar-refractivity contribution is 0.590. The number of benzene rings is 8. The summed E-state index contributed by atoms with van der Waals surface area (Å²) in [6.45, 7) is 27.2. The Hall–Kier alpha value is -8.60. The fraction of sp³-hybridized carbons (Fsp3) is 0.225. The molecule has 8 aromatic rings. The van der Waals surface area contributed by atoms with Gasteiger partial charge in [-0.1, -0.05) is 235 Å². The van der Waals surface area contributed by atoms with Crippen LogP contribution in [-0.4, -0.2) is 6.04 Å². The summed E-state index contributed by atoms with van der Waals surface area (Å²) in [6.07, 6.45) is 18.3. The largest absolute Gasteiger partial charge is 0.330 e. The number of rotatable bonds is 10. The third-order valence-electron chi connectivity index (χ3n) is 17.4. The molecule has 12 rings (SSSR count). The zero-order chi connectivity index (χ0) is 59.0. The average molecular weight is 1100 g/mol. The SMILES string of the molecule is CC(C)(C)c1cccc(-c2ccc(N(C3=C4C=CC5=C6C(=CC=C(C=C3)C46)C(N(c3ccc(F)cc3)c3ccc(-c4cccc(C(C)(C)C)c4)cc3-c3cccc(C(C)(C)C)c3)C=C5)c3ccc(F)cc3)c(-c3cccc(C(C)(C)C)c3)c2)c1. The lowest BCUT2D eigenvalue weighted by Crippen LogP contribution is -2.37. The minimum Gasteiger partial charge on any atom is -0.330 e. The molecule has 0 fully saturated rings. The summed E-state index contributed by atoms with van der Waals surface area (Å²) in [7, 11) is 0. The predicted octanol–water partition coefficient (Wildman–Crippen LogP) is 21.9. The van der Waals surface area contributed by atoms with Crippen LogP contribution in [0.15, 0.2) is 264 Å². The summed E-state index contributed by atoms with van der Waals surface area (Å²) in [6, 6.07) is 63.2. The van der Waals surface area contributed by atoms with Crippen LogP contribution in [0.4, 0.5) is 31.5 Å². The second-order valence-corrected chi connectivity index (χ2v) is 27.3. The summed E-state index contributed by atoms with van der Waals surface area (Å²) in [5.74, 6) is -0.695. The predicted molar refractivity (Wildman–Crippen MR) is 351 cm³/mol. The van der Waals surface area contributed by atoms with Crippen molar-refractivity contribution < 1.29 is 8.78 Å². The zero-order valence-corrected chi connectivity index (χ0v) is 50.7. The van der Waals surface area contributed by atoms with Crippen molar-refractivity contribution in [2.45, 2.75) is 111 Å². The molecule has 4 aliphatic rings. The molecule has 8 aromatic carbocycles. The minimum atomic E-state index is -0.289. The van der Waals surface area contributed by atoms with E-state index in [-0.39, 0.29) is 45.3 Å². The van der Waals surface area contributed by atoms with Crippen molar-refractivity contribution in [3.05, 3.63) is 298 Å². The van der Waals surface area contributed by atoms with Crippen molar-refractivity contribution in [1.82, 2.24) is 0 Å². The molecule has 0 aromatic heterocycles. The Balaban J connectivity index is 1.03. The quantitative estimate of drug-likeness (QED) is 0.135. The van der Waals surface area contributed by atoms with Crippen LogP contribution < -0.4 is 9.80 Å². The van der Waals surface area contributed by atoms with Crippen molar-refractivity contribution in [3.8, 4) is 44.5 Å². The van der Waals surface area contributed by atoms with Gasteiger partial charge in [-0.15, -0.1) is 0 Å². The summed E-state index contributed by atoms with van der Waals surface area (Å²) >= 11 is 0. The minimum absolute atomic E-state index is 0.0215. The summed E-state index contributed by atoms with van der Waals surface area (Å²) < 4.78 is 30.4. The first-order valence-electron chi connectivity index (χ1n) is 29.8. The number of anilines is 4. The molecule has 0 bridgehead atoms. The van der Waals surface area contributed by atoms with Gasteiger partial charge in [0.05, 0.1) is 17.4 Å². The fourth-order valence-corrected chi connectivity index (χ4v) is 12.5. The molecular weight excluding hydrogens is 1030 g/mol. The first kappa shape index (κ1) is 55.9. The molecule has 0 heterocycles. The Bertz CT molecular complexity index is 4120. The first-order chi connectivity index (χ1) is 40.0. The maximum atomic E-state index is 15.2. The Morgan fingerprint density at radius 1 is 0.381 bits per heavy atom. The number of hydrogen-bond acceptors (Lipinski definition) is 2. The molecule has 0 saturated heterocycles. The summed E-state index contributed by atoms with van der Waals surface area (Å²) in [4.78, 5) is 4.77. The molecule has 2 atom stereocenters. The molecule has 4 aliphatic carbocycles. The highest BCUT2D eigenvalue weighted by atomic mass is 19.1. The summed E-state index contributed by atoms with van der Waals surface area (Å²) in [5, 5.41) is 0. The molecular formula is C80H76F2N2. The molecule has 0 radical (unpaired) electrons. The maximum Gasteiger partial charge on any atom is 0.123 e. The zero-order valence-electron chi connectivity index (χ0n) is 50.7.